The highest BCUT2D eigenvalue weighted by Crippen LogP contribution is 2.25. The minimum atomic E-state index is -0.426. The summed E-state index contributed by atoms with van der Waals surface area (Å²) in [4.78, 5) is 18.4. The Labute approximate surface area is 151 Å². The molecular weight excluding hydrogens is 334 g/mol. The Morgan fingerprint density at radius 1 is 1.24 bits per heavy atom. The minimum Gasteiger partial charge on any atom is -0.366 e. The van der Waals surface area contributed by atoms with Gasteiger partial charge in [-0.15, -0.1) is 11.3 Å². The van der Waals surface area contributed by atoms with E-state index in [1.54, 1.807) is 11.3 Å². The zero-order valence-corrected chi connectivity index (χ0v) is 14.7. The lowest BCUT2D eigenvalue weighted by Crippen LogP contribution is -2.51. The highest BCUT2D eigenvalue weighted by molar-refractivity contribution is 7.10. The van der Waals surface area contributed by atoms with Crippen LogP contribution in [0.2, 0.25) is 0 Å². The number of hydrogen-bond acceptors (Lipinski definition) is 5. The van der Waals surface area contributed by atoms with Crippen molar-refractivity contribution in [2.75, 3.05) is 31.1 Å². The number of carbonyl (C=O) groups excluding carboxylic acids is 1. The molecule has 5 nitrogen and oxygen atoms in total. The molecule has 1 saturated heterocycles. The smallest absolute Gasteiger partial charge is 0.253 e. The van der Waals surface area contributed by atoms with Crippen molar-refractivity contribution >= 4 is 22.9 Å². The zero-order chi connectivity index (χ0) is 17.2. The Hall–Kier alpha value is -2.36. The SMILES string of the molecule is N#Cc1ccc(N2CCOC(C(=O)N3CCc4sccc4C3)C2)cc1. The van der Waals surface area contributed by atoms with E-state index in [2.05, 4.69) is 22.4 Å². The standard InChI is InChI=1S/C19H19N3O2S/c20-11-14-1-3-16(4-2-14)21-8-9-24-17(13-21)19(23)22-7-5-18-15(12-22)6-10-25-18/h1-4,6,10,17H,5,7-9,12-13H2. The van der Waals surface area contributed by atoms with Crippen molar-refractivity contribution in [2.24, 2.45) is 0 Å². The van der Waals surface area contributed by atoms with E-state index < -0.39 is 6.10 Å². The molecule has 1 atom stereocenters. The number of anilines is 1. The average Bonchev–Trinajstić information content (AvgIpc) is 3.15. The molecule has 0 N–H and O–H groups in total. The van der Waals surface area contributed by atoms with Gasteiger partial charge in [-0.1, -0.05) is 0 Å². The molecule has 1 aromatic heterocycles. The van der Waals surface area contributed by atoms with E-state index in [0.717, 1.165) is 25.2 Å². The highest BCUT2D eigenvalue weighted by Gasteiger charge is 2.32. The molecule has 4 rings (SSSR count). The van der Waals surface area contributed by atoms with Gasteiger partial charge in [0.25, 0.3) is 5.91 Å². The molecule has 25 heavy (non-hydrogen) atoms. The Morgan fingerprint density at radius 2 is 2.08 bits per heavy atom. The predicted molar refractivity (Wildman–Crippen MR) is 96.6 cm³/mol. The number of nitrogens with zero attached hydrogens (tertiary/aromatic N) is 3. The highest BCUT2D eigenvalue weighted by atomic mass is 32.1. The summed E-state index contributed by atoms with van der Waals surface area (Å²) in [6, 6.07) is 11.7. The van der Waals surface area contributed by atoms with Crippen LogP contribution >= 0.6 is 11.3 Å². The third-order valence-corrected chi connectivity index (χ3v) is 5.85. The van der Waals surface area contributed by atoms with Crippen molar-refractivity contribution < 1.29 is 9.53 Å². The van der Waals surface area contributed by atoms with Crippen LogP contribution in [0, 0.1) is 11.3 Å². The van der Waals surface area contributed by atoms with Gasteiger partial charge in [0.15, 0.2) is 6.10 Å². The zero-order valence-electron chi connectivity index (χ0n) is 13.9. The number of benzene rings is 1. The monoisotopic (exact) mass is 353 g/mol. The van der Waals surface area contributed by atoms with Crippen LogP contribution in [0.1, 0.15) is 16.0 Å². The summed E-state index contributed by atoms with van der Waals surface area (Å²) in [7, 11) is 0. The minimum absolute atomic E-state index is 0.0789. The van der Waals surface area contributed by atoms with Gasteiger partial charge in [-0.05, 0) is 47.7 Å². The molecule has 1 aromatic carbocycles. The number of ether oxygens (including phenoxy) is 1. The Morgan fingerprint density at radius 3 is 2.88 bits per heavy atom. The quantitative estimate of drug-likeness (QED) is 0.832. The molecule has 1 fully saturated rings. The van der Waals surface area contributed by atoms with Crippen molar-refractivity contribution in [2.45, 2.75) is 19.1 Å². The number of amides is 1. The van der Waals surface area contributed by atoms with Crippen molar-refractivity contribution in [1.82, 2.24) is 4.90 Å². The molecule has 3 heterocycles. The van der Waals surface area contributed by atoms with Gasteiger partial charge in [0, 0.05) is 30.2 Å². The van der Waals surface area contributed by atoms with E-state index in [1.165, 1.54) is 10.4 Å². The van der Waals surface area contributed by atoms with Gasteiger partial charge in [0.05, 0.1) is 24.8 Å². The number of hydrogen-bond donors (Lipinski definition) is 0. The summed E-state index contributed by atoms with van der Waals surface area (Å²) in [5.41, 5.74) is 2.94. The van der Waals surface area contributed by atoms with Gasteiger partial charge >= 0.3 is 0 Å². The van der Waals surface area contributed by atoms with Crippen LogP contribution in [0.3, 0.4) is 0 Å². The summed E-state index contributed by atoms with van der Waals surface area (Å²) < 4.78 is 5.78. The lowest BCUT2D eigenvalue weighted by Gasteiger charge is -2.37. The Bertz CT molecular complexity index is 809. The van der Waals surface area contributed by atoms with Gasteiger partial charge in [0.2, 0.25) is 0 Å². The fourth-order valence-electron chi connectivity index (χ4n) is 3.42. The molecule has 0 radical (unpaired) electrons. The number of nitriles is 1. The molecule has 1 amide bonds. The number of morpholine rings is 1. The van der Waals surface area contributed by atoms with Gasteiger partial charge in [0.1, 0.15) is 0 Å². The Balaban J connectivity index is 1.44. The van der Waals surface area contributed by atoms with Crippen LogP contribution in [0.15, 0.2) is 35.7 Å². The van der Waals surface area contributed by atoms with Crippen LogP contribution in [0.25, 0.3) is 0 Å². The fourth-order valence-corrected chi connectivity index (χ4v) is 4.31. The Kier molecular flexibility index (Phi) is 4.43. The third kappa shape index (κ3) is 3.26. The van der Waals surface area contributed by atoms with Crippen LogP contribution in [0.4, 0.5) is 5.69 Å². The summed E-state index contributed by atoms with van der Waals surface area (Å²) >= 11 is 1.77. The van der Waals surface area contributed by atoms with E-state index in [0.29, 0.717) is 25.3 Å². The molecule has 0 spiro atoms. The molecule has 2 aliphatic heterocycles. The van der Waals surface area contributed by atoms with E-state index >= 15 is 0 Å². The topological polar surface area (TPSA) is 56.6 Å². The summed E-state index contributed by atoms with van der Waals surface area (Å²) in [6.45, 7) is 3.30. The second kappa shape index (κ2) is 6.87. The van der Waals surface area contributed by atoms with Gasteiger partial charge in [-0.2, -0.15) is 5.26 Å². The maximum Gasteiger partial charge on any atom is 0.253 e. The first-order chi connectivity index (χ1) is 12.2. The van der Waals surface area contributed by atoms with Crippen molar-refractivity contribution in [3.8, 4) is 6.07 Å². The number of carbonyl (C=O) groups is 1. The molecular formula is C19H19N3O2S. The van der Waals surface area contributed by atoms with Crippen molar-refractivity contribution in [3.63, 3.8) is 0 Å². The first-order valence-electron chi connectivity index (χ1n) is 8.45. The molecule has 0 bridgehead atoms. The average molecular weight is 353 g/mol. The number of thiophene rings is 1. The predicted octanol–water partition coefficient (Wildman–Crippen LogP) is 2.41. The van der Waals surface area contributed by atoms with Crippen LogP contribution in [-0.4, -0.2) is 43.2 Å². The first kappa shape index (κ1) is 16.1. The van der Waals surface area contributed by atoms with Gasteiger partial charge in [-0.25, -0.2) is 0 Å². The number of fused-ring (bicyclic) bond motifs is 1. The summed E-state index contributed by atoms with van der Waals surface area (Å²) in [6.07, 6.45) is 0.509. The maximum atomic E-state index is 12.9. The van der Waals surface area contributed by atoms with E-state index in [9.17, 15) is 4.79 Å². The second-order valence-corrected chi connectivity index (χ2v) is 7.34. The normalized spacial score (nSPS) is 20.0. The second-order valence-electron chi connectivity index (χ2n) is 6.34. The van der Waals surface area contributed by atoms with E-state index in [-0.39, 0.29) is 5.91 Å². The first-order valence-corrected chi connectivity index (χ1v) is 9.33. The lowest BCUT2D eigenvalue weighted by atomic mass is 10.1. The van der Waals surface area contributed by atoms with Crippen molar-refractivity contribution in [1.29, 1.82) is 5.26 Å². The molecule has 6 heteroatoms. The fraction of sp³-hybridized carbons (Fsp3) is 0.368. The third-order valence-electron chi connectivity index (χ3n) is 4.82. The molecule has 128 valence electrons. The van der Waals surface area contributed by atoms with Crippen molar-refractivity contribution in [3.05, 3.63) is 51.7 Å². The van der Waals surface area contributed by atoms with Crippen LogP contribution in [0.5, 0.6) is 0 Å². The lowest BCUT2D eigenvalue weighted by molar-refractivity contribution is -0.145. The number of rotatable bonds is 2. The molecule has 0 aliphatic carbocycles. The van der Waals surface area contributed by atoms with Gasteiger partial charge < -0.3 is 14.5 Å². The largest absolute Gasteiger partial charge is 0.366 e. The van der Waals surface area contributed by atoms with Gasteiger partial charge in [-0.3, -0.25) is 4.79 Å². The van der Waals surface area contributed by atoms with E-state index in [1.807, 2.05) is 29.2 Å². The molecule has 1 unspecified atom stereocenters. The molecule has 0 saturated carbocycles. The van der Waals surface area contributed by atoms with Crippen LogP contribution in [-0.2, 0) is 22.5 Å². The molecule has 2 aliphatic rings. The van der Waals surface area contributed by atoms with E-state index in [4.69, 9.17) is 10.00 Å². The molecule has 2 aromatic rings. The summed E-state index contributed by atoms with van der Waals surface area (Å²) in [5, 5.41) is 11.0. The maximum absolute atomic E-state index is 12.9. The summed E-state index contributed by atoms with van der Waals surface area (Å²) in [5.74, 6) is 0.0789. The van der Waals surface area contributed by atoms with Crippen LogP contribution < -0.4 is 4.90 Å².